The lowest BCUT2D eigenvalue weighted by molar-refractivity contribution is 0.0730. The van der Waals surface area contributed by atoms with E-state index in [9.17, 15) is 8.42 Å². The van der Waals surface area contributed by atoms with Gasteiger partial charge in [0.2, 0.25) is 15.9 Å². The molecule has 2 aliphatic rings. The Morgan fingerprint density at radius 2 is 2.03 bits per heavy atom. The zero-order valence-electron chi connectivity index (χ0n) is 17.9. The van der Waals surface area contributed by atoms with Gasteiger partial charge in [0.1, 0.15) is 16.4 Å². The lowest BCUT2D eigenvalue weighted by atomic mass is 9.89. The third kappa shape index (κ3) is 4.01. The SMILES string of the molecule is Cc1nc(Oc2ccc(S(=O)(=O)N3CCOCC3)cc2Cl)c2c3c(sc2n1)C[C@H](C)CC3. The summed E-state index contributed by atoms with van der Waals surface area (Å²) in [5.74, 6) is 2.13. The second-order valence-electron chi connectivity index (χ2n) is 8.32. The number of benzene rings is 1. The molecule has 10 heteroatoms. The standard InChI is InChI=1S/C22H24ClN3O4S2/c1-13-3-5-16-19(11-13)31-22-20(16)21(24-14(2)25-22)30-18-6-4-15(12-17(18)23)32(27,28)26-7-9-29-10-8-26/h4,6,12-13H,3,5,7-11H2,1-2H3/t13-/m1/s1. The molecule has 0 amide bonds. The van der Waals surface area contributed by atoms with Gasteiger partial charge in [0.25, 0.3) is 0 Å². The molecule has 1 fully saturated rings. The van der Waals surface area contributed by atoms with Crippen LogP contribution in [0.5, 0.6) is 11.6 Å². The molecule has 1 aliphatic heterocycles. The first-order valence-corrected chi connectivity index (χ1v) is 13.3. The van der Waals surface area contributed by atoms with Crippen LogP contribution in [0.15, 0.2) is 23.1 Å². The molecule has 0 saturated carbocycles. The van der Waals surface area contributed by atoms with Crippen LogP contribution in [0.3, 0.4) is 0 Å². The van der Waals surface area contributed by atoms with Crippen molar-refractivity contribution in [2.24, 2.45) is 5.92 Å². The Labute approximate surface area is 196 Å². The highest BCUT2D eigenvalue weighted by molar-refractivity contribution is 7.89. The molecule has 170 valence electrons. The molecule has 0 spiro atoms. The van der Waals surface area contributed by atoms with Crippen LogP contribution >= 0.6 is 22.9 Å². The number of nitrogens with zero attached hydrogens (tertiary/aromatic N) is 3. The van der Waals surface area contributed by atoms with Crippen molar-refractivity contribution in [1.82, 2.24) is 14.3 Å². The van der Waals surface area contributed by atoms with E-state index in [0.717, 1.165) is 29.5 Å². The van der Waals surface area contributed by atoms with E-state index < -0.39 is 10.0 Å². The summed E-state index contributed by atoms with van der Waals surface area (Å²) < 4.78 is 38.7. The van der Waals surface area contributed by atoms with Gasteiger partial charge in [-0.25, -0.2) is 13.4 Å². The second kappa shape index (κ2) is 8.53. The van der Waals surface area contributed by atoms with Crippen LogP contribution < -0.4 is 4.74 Å². The molecule has 3 aromatic rings. The highest BCUT2D eigenvalue weighted by Crippen LogP contribution is 2.42. The van der Waals surface area contributed by atoms with Crippen LogP contribution in [-0.4, -0.2) is 49.0 Å². The minimum Gasteiger partial charge on any atom is -0.437 e. The van der Waals surface area contributed by atoms with Crippen LogP contribution in [0, 0.1) is 12.8 Å². The third-order valence-electron chi connectivity index (χ3n) is 5.95. The number of thiophene rings is 1. The Hall–Kier alpha value is -1.78. The van der Waals surface area contributed by atoms with E-state index in [4.69, 9.17) is 21.1 Å². The smallest absolute Gasteiger partial charge is 0.243 e. The van der Waals surface area contributed by atoms with E-state index in [-0.39, 0.29) is 9.92 Å². The van der Waals surface area contributed by atoms with Crippen molar-refractivity contribution in [2.75, 3.05) is 26.3 Å². The molecule has 0 N–H and O–H groups in total. The second-order valence-corrected chi connectivity index (χ2v) is 11.7. The number of hydrogen-bond acceptors (Lipinski definition) is 7. The molecular formula is C22H24ClN3O4S2. The fourth-order valence-corrected chi connectivity index (χ4v) is 7.39. The number of fused-ring (bicyclic) bond motifs is 3. The predicted octanol–water partition coefficient (Wildman–Crippen LogP) is 4.59. The topological polar surface area (TPSA) is 81.6 Å². The largest absolute Gasteiger partial charge is 0.437 e. The first-order valence-electron chi connectivity index (χ1n) is 10.7. The summed E-state index contributed by atoms with van der Waals surface area (Å²) in [6.07, 6.45) is 3.15. The number of morpholine rings is 1. The number of rotatable bonds is 4. The number of sulfonamides is 1. The van der Waals surface area contributed by atoms with Gasteiger partial charge < -0.3 is 9.47 Å². The van der Waals surface area contributed by atoms with Crippen LogP contribution in [0.4, 0.5) is 0 Å². The highest BCUT2D eigenvalue weighted by Gasteiger charge is 2.28. The number of halogens is 1. The molecular weight excluding hydrogens is 470 g/mol. The van der Waals surface area contributed by atoms with Crippen molar-refractivity contribution in [1.29, 1.82) is 0 Å². The lowest BCUT2D eigenvalue weighted by Gasteiger charge is -2.26. The van der Waals surface area contributed by atoms with Crippen molar-refractivity contribution >= 4 is 43.2 Å². The highest BCUT2D eigenvalue weighted by atomic mass is 35.5. The quantitative estimate of drug-likeness (QED) is 0.528. The van der Waals surface area contributed by atoms with Gasteiger partial charge in [0.05, 0.1) is 28.5 Å². The third-order valence-corrected chi connectivity index (χ3v) is 9.29. The number of aromatic nitrogens is 2. The van der Waals surface area contributed by atoms with E-state index in [2.05, 4.69) is 16.9 Å². The fraction of sp³-hybridized carbons (Fsp3) is 0.455. The van der Waals surface area contributed by atoms with Gasteiger partial charge in [-0.05, 0) is 55.9 Å². The Kier molecular flexibility index (Phi) is 5.88. The minimum atomic E-state index is -3.63. The minimum absolute atomic E-state index is 0.141. The summed E-state index contributed by atoms with van der Waals surface area (Å²) in [5.41, 5.74) is 1.26. The molecule has 3 heterocycles. The molecule has 1 aromatic carbocycles. The van der Waals surface area contributed by atoms with E-state index >= 15 is 0 Å². The van der Waals surface area contributed by atoms with Gasteiger partial charge in [0, 0.05) is 18.0 Å². The fourth-order valence-electron chi connectivity index (χ4n) is 4.25. The monoisotopic (exact) mass is 493 g/mol. The first-order chi connectivity index (χ1) is 15.3. The molecule has 5 rings (SSSR count). The maximum Gasteiger partial charge on any atom is 0.243 e. The molecule has 2 aromatic heterocycles. The number of aryl methyl sites for hydroxylation is 2. The summed E-state index contributed by atoms with van der Waals surface area (Å²) >= 11 is 8.19. The van der Waals surface area contributed by atoms with E-state index in [1.807, 2.05) is 6.92 Å². The summed E-state index contributed by atoms with van der Waals surface area (Å²) in [5, 5.41) is 1.17. The average molecular weight is 494 g/mol. The Morgan fingerprint density at radius 1 is 1.25 bits per heavy atom. The molecule has 1 atom stereocenters. The molecule has 32 heavy (non-hydrogen) atoms. The molecule has 0 bridgehead atoms. The van der Waals surface area contributed by atoms with E-state index in [1.165, 1.54) is 26.9 Å². The van der Waals surface area contributed by atoms with Gasteiger partial charge in [-0.15, -0.1) is 11.3 Å². The maximum atomic E-state index is 12.9. The van der Waals surface area contributed by atoms with Crippen molar-refractivity contribution in [3.05, 3.63) is 39.5 Å². The Morgan fingerprint density at radius 3 is 2.78 bits per heavy atom. The zero-order chi connectivity index (χ0) is 22.5. The summed E-state index contributed by atoms with van der Waals surface area (Å²) in [4.78, 5) is 11.6. The predicted molar refractivity (Wildman–Crippen MR) is 124 cm³/mol. The van der Waals surface area contributed by atoms with Gasteiger partial charge >= 0.3 is 0 Å². The van der Waals surface area contributed by atoms with Crippen molar-refractivity contribution in [2.45, 2.75) is 38.0 Å². The van der Waals surface area contributed by atoms with Crippen LogP contribution in [-0.2, 0) is 27.6 Å². The summed E-state index contributed by atoms with van der Waals surface area (Å²) in [6, 6.07) is 4.57. The average Bonchev–Trinajstić information content (AvgIpc) is 3.12. The molecule has 1 aliphatic carbocycles. The molecule has 1 saturated heterocycles. The summed E-state index contributed by atoms with van der Waals surface area (Å²) in [6.45, 7) is 5.56. The van der Waals surface area contributed by atoms with Crippen molar-refractivity contribution in [3.63, 3.8) is 0 Å². The van der Waals surface area contributed by atoms with Crippen LogP contribution in [0.2, 0.25) is 5.02 Å². The van der Waals surface area contributed by atoms with E-state index in [0.29, 0.717) is 49.7 Å². The van der Waals surface area contributed by atoms with Gasteiger partial charge in [-0.2, -0.15) is 9.29 Å². The molecule has 7 nitrogen and oxygen atoms in total. The Bertz CT molecular complexity index is 1290. The van der Waals surface area contributed by atoms with Gasteiger partial charge in [-0.3, -0.25) is 0 Å². The first kappa shape index (κ1) is 22.0. The van der Waals surface area contributed by atoms with Crippen LogP contribution in [0.1, 0.15) is 29.6 Å². The lowest BCUT2D eigenvalue weighted by Crippen LogP contribution is -2.40. The summed E-state index contributed by atoms with van der Waals surface area (Å²) in [7, 11) is -3.63. The normalized spacial score (nSPS) is 19.8. The van der Waals surface area contributed by atoms with Crippen LogP contribution in [0.25, 0.3) is 10.2 Å². The Balaban J connectivity index is 1.49. The van der Waals surface area contributed by atoms with Crippen molar-refractivity contribution < 1.29 is 17.9 Å². The van der Waals surface area contributed by atoms with Crippen molar-refractivity contribution in [3.8, 4) is 11.6 Å². The maximum absolute atomic E-state index is 12.9. The zero-order valence-corrected chi connectivity index (χ0v) is 20.3. The number of ether oxygens (including phenoxy) is 2. The molecule has 0 radical (unpaired) electrons. The number of hydrogen-bond donors (Lipinski definition) is 0. The van der Waals surface area contributed by atoms with Gasteiger partial charge in [-0.1, -0.05) is 18.5 Å². The van der Waals surface area contributed by atoms with E-state index in [1.54, 1.807) is 17.4 Å². The van der Waals surface area contributed by atoms with Gasteiger partial charge in [0.15, 0.2) is 0 Å². The molecule has 0 unspecified atom stereocenters.